The summed E-state index contributed by atoms with van der Waals surface area (Å²) in [6.45, 7) is 10.4. The number of carbonyl (C=O) groups is 4. The van der Waals surface area contributed by atoms with Crippen molar-refractivity contribution in [2.45, 2.75) is 140 Å². The van der Waals surface area contributed by atoms with E-state index in [1.165, 1.54) is 18.9 Å². The summed E-state index contributed by atoms with van der Waals surface area (Å²) >= 11 is 0. The molecule has 3 aromatic rings. The normalized spacial score (nSPS) is 27.7. The van der Waals surface area contributed by atoms with E-state index in [2.05, 4.69) is 20.5 Å². The van der Waals surface area contributed by atoms with E-state index in [0.29, 0.717) is 74.2 Å². The number of pyridine rings is 1. The van der Waals surface area contributed by atoms with Crippen LogP contribution < -0.4 is 24.8 Å². The van der Waals surface area contributed by atoms with Crippen molar-refractivity contribution in [3.63, 3.8) is 0 Å². The van der Waals surface area contributed by atoms with Gasteiger partial charge < -0.3 is 29.7 Å². The van der Waals surface area contributed by atoms with Gasteiger partial charge in [-0.05, 0) is 94.7 Å². The first kappa shape index (κ1) is 47.6. The number of nitrogens with zero attached hydrogens (tertiary/aromatic N) is 4. The molecule has 4 heterocycles. The van der Waals surface area contributed by atoms with E-state index in [1.807, 2.05) is 33.0 Å². The number of nitrogens with one attached hydrogen (secondary N) is 3. The Bertz CT molecular complexity index is 2490. The highest BCUT2D eigenvalue weighted by Crippen LogP contribution is 2.48. The van der Waals surface area contributed by atoms with Gasteiger partial charge in [0.2, 0.25) is 27.4 Å². The molecule has 1 aromatic carbocycles. The van der Waals surface area contributed by atoms with Crippen molar-refractivity contribution >= 4 is 44.7 Å². The maximum atomic E-state index is 15.0. The Morgan fingerprint density at radius 2 is 1.80 bits per heavy atom. The molecule has 16 nitrogen and oxygen atoms in total. The largest absolute Gasteiger partial charge is 0.497 e. The SMILES string of the molecule is COc1ccc2c(O[C@@H]3C[C@H]4C(=O)N[C@]5(C(=O)NS(=O)(=O)C6(C)CC6)C[C@H]5/C=C\CC[C@@H](C)C[C@@H](C)[C@H](NC(=O)OC(C)(C)C(F)(F)F)C(=O)N4C3)cc(-n3cc(C(C)C)cn3)nc2c1. The van der Waals surface area contributed by atoms with Crippen LogP contribution in [0, 0.1) is 17.8 Å². The number of rotatable bonds is 10. The number of fused-ring (bicyclic) bond motifs is 3. The van der Waals surface area contributed by atoms with E-state index in [9.17, 15) is 36.0 Å². The zero-order chi connectivity index (χ0) is 47.4. The Balaban J connectivity index is 1.27. The predicted molar refractivity (Wildman–Crippen MR) is 233 cm³/mol. The third-order valence-corrected chi connectivity index (χ3v) is 15.5. The molecule has 0 bridgehead atoms. The zero-order valence-corrected chi connectivity index (χ0v) is 38.6. The number of amides is 4. The minimum absolute atomic E-state index is 0.0550. The third kappa shape index (κ3) is 9.77. The van der Waals surface area contributed by atoms with Gasteiger partial charge in [-0.15, -0.1) is 0 Å². The maximum absolute atomic E-state index is 15.0. The number of alkyl halides is 3. The van der Waals surface area contributed by atoms with Crippen LogP contribution in [0.5, 0.6) is 11.5 Å². The highest BCUT2D eigenvalue weighted by atomic mass is 32.2. The van der Waals surface area contributed by atoms with Crippen LogP contribution in [-0.4, -0.2) is 106 Å². The molecule has 2 aliphatic heterocycles. The molecule has 354 valence electrons. The van der Waals surface area contributed by atoms with E-state index in [0.717, 1.165) is 5.56 Å². The minimum atomic E-state index is -4.93. The summed E-state index contributed by atoms with van der Waals surface area (Å²) in [4.78, 5) is 63.1. The first-order chi connectivity index (χ1) is 30.4. The molecule has 2 saturated carbocycles. The van der Waals surface area contributed by atoms with Gasteiger partial charge >= 0.3 is 12.3 Å². The molecular formula is C45H58F3N7O9S. The van der Waals surface area contributed by atoms with Crippen LogP contribution in [0.15, 0.2) is 48.8 Å². The molecule has 2 aromatic heterocycles. The van der Waals surface area contributed by atoms with Crippen molar-refractivity contribution in [3.05, 3.63) is 54.4 Å². The number of allylic oxidation sites excluding steroid dienone is 1. The zero-order valence-electron chi connectivity index (χ0n) is 37.8. The van der Waals surface area contributed by atoms with Crippen LogP contribution in [0.25, 0.3) is 16.7 Å². The lowest BCUT2D eigenvalue weighted by Gasteiger charge is -2.34. The summed E-state index contributed by atoms with van der Waals surface area (Å²) in [6, 6.07) is 4.07. The Kier molecular flexibility index (Phi) is 12.8. The quantitative estimate of drug-likeness (QED) is 0.195. The second-order valence-corrected chi connectivity index (χ2v) is 21.4. The average molecular weight is 930 g/mol. The minimum Gasteiger partial charge on any atom is -0.497 e. The van der Waals surface area contributed by atoms with Crippen LogP contribution in [0.2, 0.25) is 0 Å². The molecule has 7 rings (SSSR count). The Morgan fingerprint density at radius 1 is 1.08 bits per heavy atom. The van der Waals surface area contributed by atoms with Crippen molar-refractivity contribution in [3.8, 4) is 17.3 Å². The highest BCUT2D eigenvalue weighted by Gasteiger charge is 2.63. The molecule has 20 heteroatoms. The van der Waals surface area contributed by atoms with Crippen molar-refractivity contribution < 1.29 is 55.0 Å². The smallest absolute Gasteiger partial charge is 0.427 e. The van der Waals surface area contributed by atoms with Gasteiger partial charge in [0.15, 0.2) is 5.82 Å². The highest BCUT2D eigenvalue weighted by molar-refractivity contribution is 7.91. The average Bonchev–Trinajstić information content (AvgIpc) is 3.99. The van der Waals surface area contributed by atoms with Gasteiger partial charge in [0.05, 0.1) is 30.1 Å². The van der Waals surface area contributed by atoms with Crippen molar-refractivity contribution in [2.75, 3.05) is 13.7 Å². The fourth-order valence-corrected chi connectivity index (χ4v) is 9.80. The molecule has 0 radical (unpaired) electrons. The molecule has 3 fully saturated rings. The number of hydrogen-bond donors (Lipinski definition) is 3. The monoisotopic (exact) mass is 929 g/mol. The second kappa shape index (κ2) is 17.4. The molecular weight excluding hydrogens is 872 g/mol. The van der Waals surface area contributed by atoms with E-state index in [4.69, 9.17) is 19.2 Å². The second-order valence-electron chi connectivity index (χ2n) is 19.2. The Hall–Kier alpha value is -5.40. The lowest BCUT2D eigenvalue weighted by molar-refractivity contribution is -0.244. The van der Waals surface area contributed by atoms with Crippen molar-refractivity contribution in [2.24, 2.45) is 17.8 Å². The van der Waals surface area contributed by atoms with Crippen LogP contribution in [-0.2, 0) is 29.1 Å². The molecule has 65 heavy (non-hydrogen) atoms. The number of hydrogen-bond acceptors (Lipinski definition) is 11. The van der Waals surface area contributed by atoms with Gasteiger partial charge in [0.1, 0.15) is 35.2 Å². The lowest BCUT2D eigenvalue weighted by Crippen LogP contribution is -2.59. The molecule has 0 unspecified atom stereocenters. The summed E-state index contributed by atoms with van der Waals surface area (Å²) in [5, 5.41) is 10.3. The summed E-state index contributed by atoms with van der Waals surface area (Å²) in [7, 11) is -2.58. The van der Waals surface area contributed by atoms with E-state index >= 15 is 4.79 Å². The summed E-state index contributed by atoms with van der Waals surface area (Å²) in [5.41, 5.74) is -3.12. The van der Waals surface area contributed by atoms with Gasteiger partial charge in [0.25, 0.3) is 5.91 Å². The summed E-state index contributed by atoms with van der Waals surface area (Å²) in [6.07, 6.45) is 2.10. The van der Waals surface area contributed by atoms with Crippen LogP contribution in [0.4, 0.5) is 18.0 Å². The lowest BCUT2D eigenvalue weighted by atomic mass is 9.88. The maximum Gasteiger partial charge on any atom is 0.427 e. The molecule has 4 aliphatic rings. The fourth-order valence-electron chi connectivity index (χ4n) is 8.49. The van der Waals surface area contributed by atoms with Gasteiger partial charge in [-0.1, -0.05) is 39.8 Å². The number of carbonyl (C=O) groups excluding carboxylic acids is 4. The van der Waals surface area contributed by atoms with Gasteiger partial charge in [0, 0.05) is 36.1 Å². The number of alkyl carbamates (subject to hydrolysis) is 1. The van der Waals surface area contributed by atoms with Crippen LogP contribution in [0.1, 0.15) is 105 Å². The van der Waals surface area contributed by atoms with Gasteiger partial charge in [-0.3, -0.25) is 19.1 Å². The number of benzene rings is 1. The van der Waals surface area contributed by atoms with Crippen LogP contribution in [0.3, 0.4) is 0 Å². The molecule has 7 atom stereocenters. The number of halogens is 3. The third-order valence-electron chi connectivity index (χ3n) is 13.3. The Morgan fingerprint density at radius 3 is 2.45 bits per heavy atom. The van der Waals surface area contributed by atoms with E-state index < -0.39 is 85.9 Å². The molecule has 4 amide bonds. The molecule has 2 aliphatic carbocycles. The van der Waals surface area contributed by atoms with Crippen LogP contribution >= 0.6 is 0 Å². The summed E-state index contributed by atoms with van der Waals surface area (Å²) < 4.78 is 87.9. The number of sulfonamides is 1. The van der Waals surface area contributed by atoms with E-state index in [-0.39, 0.29) is 31.2 Å². The number of methoxy groups -OCH3 is 1. The Labute approximate surface area is 376 Å². The van der Waals surface area contributed by atoms with E-state index in [1.54, 1.807) is 48.1 Å². The standard InChI is InChI=1S/C45H58F3N7O9S/c1-25(2)28-22-49-55(23-28)36-20-35(32-14-13-30(62-8)18-33(32)50-36)63-31-19-34-38(56)52-44(40(58)53-65(60,61)43(7)15-16-43)21-29(44)12-10-9-11-26(3)17-27(4)37(39(57)54(34)24-31)51-41(59)64-42(5,6)45(46,47)48/h10,12-14,18,20,22-23,25-27,29,31,34,37H,9,11,15-17,19,21,24H2,1-8H3,(H,51,59)(H,52,56)(H,53,58)/b12-10-/t26-,27-,29-,31-,34+,37+,44-/m1/s1. The van der Waals surface area contributed by atoms with Crippen molar-refractivity contribution in [1.29, 1.82) is 0 Å². The van der Waals surface area contributed by atoms with Gasteiger partial charge in [-0.2, -0.15) is 18.3 Å². The first-order valence-electron chi connectivity index (χ1n) is 22.0. The molecule has 1 saturated heterocycles. The fraction of sp³-hybridized carbons (Fsp3) is 0.600. The number of aromatic nitrogens is 3. The molecule has 3 N–H and O–H groups in total. The summed E-state index contributed by atoms with van der Waals surface area (Å²) in [5.74, 6) is -2.34. The van der Waals surface area contributed by atoms with Crippen molar-refractivity contribution in [1.82, 2.24) is 35.0 Å². The topological polar surface area (TPSA) is 200 Å². The molecule has 0 spiro atoms. The number of ether oxygens (including phenoxy) is 3. The van der Waals surface area contributed by atoms with Gasteiger partial charge in [-0.25, -0.2) is 22.9 Å². The first-order valence-corrected chi connectivity index (χ1v) is 23.5. The predicted octanol–water partition coefficient (Wildman–Crippen LogP) is 6.22.